The quantitative estimate of drug-likeness (QED) is 0.635. The molecule has 2 aromatic heterocycles. The summed E-state index contributed by atoms with van der Waals surface area (Å²) in [5, 5.41) is 5.60. The van der Waals surface area contributed by atoms with E-state index in [4.69, 9.17) is 6.42 Å². The van der Waals surface area contributed by atoms with Gasteiger partial charge in [0, 0.05) is 18.3 Å². The third-order valence-corrected chi connectivity index (χ3v) is 3.03. The average Bonchev–Trinajstić information content (AvgIpc) is 3.02. The van der Waals surface area contributed by atoms with Gasteiger partial charge in [-0.25, -0.2) is 9.97 Å². The number of hydrogen-bond acceptors (Lipinski definition) is 5. The van der Waals surface area contributed by atoms with E-state index < -0.39 is 0 Å². The number of aromatic amines is 1. The highest BCUT2D eigenvalue weighted by molar-refractivity contribution is 5.95. The minimum Gasteiger partial charge on any atom is -0.355 e. The maximum Gasteiger partial charge on any atom is 0.251 e. The first-order valence-electron chi connectivity index (χ1n) is 6.48. The third-order valence-electron chi connectivity index (χ3n) is 3.03. The van der Waals surface area contributed by atoms with Gasteiger partial charge in [0.15, 0.2) is 5.65 Å². The highest BCUT2D eigenvalue weighted by atomic mass is 16.1. The Labute approximate surface area is 126 Å². The maximum atomic E-state index is 11.6. The van der Waals surface area contributed by atoms with Gasteiger partial charge in [-0.3, -0.25) is 4.79 Å². The monoisotopic (exact) mass is 292 g/mol. The Morgan fingerprint density at radius 1 is 1.36 bits per heavy atom. The molecule has 0 atom stereocenters. The highest BCUT2D eigenvalue weighted by Gasteiger charge is 2.09. The SMILES string of the molecule is C#Cc1nc(Nc2cccc(C(=O)NC)c2)nc2nc[nH]c12. The van der Waals surface area contributed by atoms with Crippen LogP contribution in [0.1, 0.15) is 16.1 Å². The van der Waals surface area contributed by atoms with Crippen molar-refractivity contribution in [2.24, 2.45) is 0 Å². The van der Waals surface area contributed by atoms with Crippen molar-refractivity contribution in [2.75, 3.05) is 12.4 Å². The molecule has 1 amide bonds. The van der Waals surface area contributed by atoms with Crippen molar-refractivity contribution in [2.45, 2.75) is 0 Å². The molecule has 1 aromatic carbocycles. The normalized spacial score (nSPS) is 10.2. The number of H-pyrrole nitrogens is 1. The molecule has 7 heteroatoms. The second-order valence-electron chi connectivity index (χ2n) is 4.43. The van der Waals surface area contributed by atoms with Crippen LogP contribution in [0.5, 0.6) is 0 Å². The zero-order valence-corrected chi connectivity index (χ0v) is 11.7. The summed E-state index contributed by atoms with van der Waals surface area (Å²) in [6.07, 6.45) is 6.96. The molecular formula is C15H12N6O. The Kier molecular flexibility index (Phi) is 3.42. The van der Waals surface area contributed by atoms with Gasteiger partial charge < -0.3 is 15.6 Å². The lowest BCUT2D eigenvalue weighted by atomic mass is 10.2. The van der Waals surface area contributed by atoms with Crippen molar-refractivity contribution in [3.63, 3.8) is 0 Å². The molecule has 0 spiro atoms. The van der Waals surface area contributed by atoms with Crippen LogP contribution >= 0.6 is 0 Å². The molecule has 0 bridgehead atoms. The molecule has 3 aromatic rings. The molecule has 0 fully saturated rings. The van der Waals surface area contributed by atoms with Crippen LogP contribution in [-0.2, 0) is 0 Å². The van der Waals surface area contributed by atoms with Crippen molar-refractivity contribution in [1.29, 1.82) is 0 Å². The molecule has 0 saturated heterocycles. The van der Waals surface area contributed by atoms with Gasteiger partial charge in [-0.2, -0.15) is 4.98 Å². The lowest BCUT2D eigenvalue weighted by Gasteiger charge is -2.07. The van der Waals surface area contributed by atoms with Crippen LogP contribution in [0.25, 0.3) is 11.2 Å². The number of imidazole rings is 1. The summed E-state index contributed by atoms with van der Waals surface area (Å²) in [5.41, 5.74) is 2.73. The summed E-state index contributed by atoms with van der Waals surface area (Å²) in [7, 11) is 1.58. The van der Waals surface area contributed by atoms with Crippen molar-refractivity contribution in [3.05, 3.63) is 41.9 Å². The smallest absolute Gasteiger partial charge is 0.251 e. The topological polar surface area (TPSA) is 95.6 Å². The minimum absolute atomic E-state index is 0.170. The molecule has 3 N–H and O–H groups in total. The number of anilines is 2. The number of rotatable bonds is 3. The molecule has 0 aliphatic heterocycles. The number of terminal acetylenes is 1. The molecule has 0 aliphatic carbocycles. The van der Waals surface area contributed by atoms with Crippen LogP contribution in [0.4, 0.5) is 11.6 Å². The molecule has 3 rings (SSSR count). The van der Waals surface area contributed by atoms with Crippen LogP contribution in [0.15, 0.2) is 30.6 Å². The lowest BCUT2D eigenvalue weighted by Crippen LogP contribution is -2.17. The van der Waals surface area contributed by atoms with Gasteiger partial charge in [0.25, 0.3) is 5.91 Å². The van der Waals surface area contributed by atoms with Gasteiger partial charge >= 0.3 is 0 Å². The van der Waals surface area contributed by atoms with E-state index in [2.05, 4.69) is 36.5 Å². The van der Waals surface area contributed by atoms with Crippen LogP contribution in [0, 0.1) is 12.3 Å². The van der Waals surface area contributed by atoms with Crippen molar-refractivity contribution in [1.82, 2.24) is 25.3 Å². The Hall–Kier alpha value is -3.40. The van der Waals surface area contributed by atoms with E-state index in [0.717, 1.165) is 0 Å². The number of fused-ring (bicyclic) bond motifs is 1. The maximum absolute atomic E-state index is 11.6. The highest BCUT2D eigenvalue weighted by Crippen LogP contribution is 2.18. The van der Waals surface area contributed by atoms with Gasteiger partial charge in [-0.05, 0) is 24.1 Å². The van der Waals surface area contributed by atoms with E-state index in [1.54, 1.807) is 31.3 Å². The van der Waals surface area contributed by atoms with E-state index in [1.165, 1.54) is 6.33 Å². The largest absolute Gasteiger partial charge is 0.355 e. The summed E-state index contributed by atoms with van der Waals surface area (Å²) in [4.78, 5) is 27.2. The van der Waals surface area contributed by atoms with Gasteiger partial charge in [0.05, 0.1) is 6.33 Å². The number of aromatic nitrogens is 4. The number of carbonyl (C=O) groups excluding carboxylic acids is 1. The first-order valence-corrected chi connectivity index (χ1v) is 6.48. The van der Waals surface area contributed by atoms with Crippen molar-refractivity contribution in [3.8, 4) is 12.3 Å². The number of carbonyl (C=O) groups is 1. The summed E-state index contributed by atoms with van der Waals surface area (Å²) in [6, 6.07) is 6.99. The van der Waals surface area contributed by atoms with Gasteiger partial charge in [-0.15, -0.1) is 6.42 Å². The van der Waals surface area contributed by atoms with Gasteiger partial charge in [0.1, 0.15) is 11.2 Å². The Morgan fingerprint density at radius 3 is 3.00 bits per heavy atom. The molecule has 0 saturated carbocycles. The number of hydrogen-bond donors (Lipinski definition) is 3. The van der Waals surface area contributed by atoms with Crippen molar-refractivity contribution >= 4 is 28.7 Å². The minimum atomic E-state index is -0.170. The lowest BCUT2D eigenvalue weighted by molar-refractivity contribution is 0.0963. The number of benzene rings is 1. The molecule has 108 valence electrons. The van der Waals surface area contributed by atoms with E-state index in [1.807, 2.05) is 0 Å². The first kappa shape index (κ1) is 13.6. The summed E-state index contributed by atoms with van der Waals surface area (Å²) >= 11 is 0. The van der Waals surface area contributed by atoms with E-state index in [0.29, 0.717) is 34.1 Å². The number of amides is 1. The second kappa shape index (κ2) is 5.54. The molecule has 2 heterocycles. The predicted octanol–water partition coefficient (Wildman–Crippen LogP) is 1.44. The molecule has 0 aliphatic rings. The van der Waals surface area contributed by atoms with Crippen molar-refractivity contribution < 1.29 is 4.79 Å². The van der Waals surface area contributed by atoms with Crippen LogP contribution in [-0.4, -0.2) is 32.9 Å². The van der Waals surface area contributed by atoms with E-state index in [-0.39, 0.29) is 5.91 Å². The zero-order valence-electron chi connectivity index (χ0n) is 11.7. The Bertz CT molecular complexity index is 892. The molecule has 22 heavy (non-hydrogen) atoms. The third kappa shape index (κ3) is 2.45. The van der Waals surface area contributed by atoms with Gasteiger partial charge in [0.2, 0.25) is 5.95 Å². The first-order chi connectivity index (χ1) is 10.7. The number of nitrogens with zero attached hydrogens (tertiary/aromatic N) is 3. The standard InChI is InChI=1S/C15H12N6O/c1-3-11-12-13(18-8-17-12)21-15(20-11)19-10-6-4-5-9(7-10)14(22)16-2/h1,4-8H,2H3,(H,16,22)(H2,17,18,19,20,21). The summed E-state index contributed by atoms with van der Waals surface area (Å²) < 4.78 is 0. The van der Waals surface area contributed by atoms with E-state index >= 15 is 0 Å². The Morgan fingerprint density at radius 2 is 2.23 bits per heavy atom. The molecule has 0 unspecified atom stereocenters. The Balaban J connectivity index is 1.96. The predicted molar refractivity (Wildman–Crippen MR) is 82.7 cm³/mol. The fourth-order valence-electron chi connectivity index (χ4n) is 2.01. The van der Waals surface area contributed by atoms with Gasteiger partial charge in [-0.1, -0.05) is 6.07 Å². The van der Waals surface area contributed by atoms with Crippen LogP contribution < -0.4 is 10.6 Å². The molecular weight excluding hydrogens is 280 g/mol. The fraction of sp³-hybridized carbons (Fsp3) is 0.0667. The molecule has 0 radical (unpaired) electrons. The summed E-state index contributed by atoms with van der Waals surface area (Å²) in [5.74, 6) is 2.65. The van der Waals surface area contributed by atoms with E-state index in [9.17, 15) is 4.79 Å². The average molecular weight is 292 g/mol. The van der Waals surface area contributed by atoms with Crippen LogP contribution in [0.2, 0.25) is 0 Å². The van der Waals surface area contributed by atoms with Crippen LogP contribution in [0.3, 0.4) is 0 Å². The molecule has 7 nitrogen and oxygen atoms in total. The second-order valence-corrected chi connectivity index (χ2v) is 4.43. The fourth-order valence-corrected chi connectivity index (χ4v) is 2.01. The zero-order chi connectivity index (χ0) is 15.5. The summed E-state index contributed by atoms with van der Waals surface area (Å²) in [6.45, 7) is 0. The number of nitrogens with one attached hydrogen (secondary N) is 3.